The van der Waals surface area contributed by atoms with Crippen molar-refractivity contribution in [3.8, 4) is 17.6 Å². The number of carbonyl (C=O) groups excluding carboxylic acids is 1. The summed E-state index contributed by atoms with van der Waals surface area (Å²) in [5.74, 6) is 0.986. The van der Waals surface area contributed by atoms with Crippen LogP contribution in [0.3, 0.4) is 0 Å². The van der Waals surface area contributed by atoms with Crippen LogP contribution in [0.4, 0.5) is 0 Å². The molecule has 1 amide bonds. The van der Waals surface area contributed by atoms with E-state index in [-0.39, 0.29) is 29.7 Å². The predicted molar refractivity (Wildman–Crippen MR) is 101 cm³/mol. The zero-order valence-electron chi connectivity index (χ0n) is 16.5. The fraction of sp³-hybridized carbons (Fsp3) is 0.500. The number of methoxy groups -OCH3 is 2. The number of nitrogens with zero attached hydrogens (tertiary/aromatic N) is 2. The van der Waals surface area contributed by atoms with E-state index < -0.39 is 0 Å². The summed E-state index contributed by atoms with van der Waals surface area (Å²) in [5.41, 5.74) is 1.02. The lowest BCUT2D eigenvalue weighted by atomic mass is 10.1. The molecule has 2 rings (SSSR count). The van der Waals surface area contributed by atoms with Crippen molar-refractivity contribution >= 4 is 5.91 Å². The fourth-order valence-electron chi connectivity index (χ4n) is 3.08. The van der Waals surface area contributed by atoms with Crippen molar-refractivity contribution in [2.24, 2.45) is 0 Å². The van der Waals surface area contributed by atoms with Gasteiger partial charge in [-0.2, -0.15) is 5.26 Å². The van der Waals surface area contributed by atoms with E-state index in [1.165, 1.54) is 6.20 Å². The molecule has 1 N–H and O–H groups in total. The summed E-state index contributed by atoms with van der Waals surface area (Å²) in [7, 11) is 3.16. The number of ether oxygens (including phenoxy) is 3. The Bertz CT molecular complexity index is 731. The molecule has 0 saturated carbocycles. The van der Waals surface area contributed by atoms with E-state index in [2.05, 4.69) is 5.32 Å². The standard InChI is InChI=1S/C20H27N3O4/c1-13-11-23(12-14(2)27-13)20(24)17(9-21)10-22-15(3)16-6-7-18(25-4)19(8-16)26-5/h6-8,10,13-15,22H,11-12H2,1-5H3/b17-10-. The molecular formula is C20H27N3O4. The number of hydrogen-bond donors (Lipinski definition) is 1. The minimum Gasteiger partial charge on any atom is -0.493 e. The van der Waals surface area contributed by atoms with E-state index in [9.17, 15) is 10.1 Å². The molecule has 1 aliphatic rings. The Kier molecular flexibility index (Phi) is 7.08. The molecular weight excluding hydrogens is 346 g/mol. The van der Waals surface area contributed by atoms with Crippen LogP contribution in [0.25, 0.3) is 0 Å². The van der Waals surface area contributed by atoms with Gasteiger partial charge in [-0.05, 0) is 38.5 Å². The van der Waals surface area contributed by atoms with Crippen LogP contribution in [0.15, 0.2) is 30.0 Å². The molecule has 0 spiro atoms. The second kappa shape index (κ2) is 9.28. The summed E-state index contributed by atoms with van der Waals surface area (Å²) in [5, 5.41) is 12.5. The van der Waals surface area contributed by atoms with E-state index in [1.807, 2.05) is 45.0 Å². The van der Waals surface area contributed by atoms with Gasteiger partial charge in [0.25, 0.3) is 5.91 Å². The highest BCUT2D eigenvalue weighted by molar-refractivity contribution is 5.97. The van der Waals surface area contributed by atoms with E-state index >= 15 is 0 Å². The van der Waals surface area contributed by atoms with E-state index in [1.54, 1.807) is 19.1 Å². The largest absolute Gasteiger partial charge is 0.493 e. The zero-order valence-corrected chi connectivity index (χ0v) is 16.5. The fourth-order valence-corrected chi connectivity index (χ4v) is 3.08. The molecule has 7 heteroatoms. The second-order valence-corrected chi connectivity index (χ2v) is 6.64. The van der Waals surface area contributed by atoms with Gasteiger partial charge in [-0.3, -0.25) is 4.79 Å². The Morgan fingerprint density at radius 3 is 2.48 bits per heavy atom. The van der Waals surface area contributed by atoms with Crippen molar-refractivity contribution in [3.05, 3.63) is 35.5 Å². The maximum absolute atomic E-state index is 12.7. The maximum atomic E-state index is 12.7. The SMILES string of the molecule is COc1ccc(C(C)N/C=C(/C#N)C(=O)N2CC(C)OC(C)C2)cc1OC. The number of nitrogens with one attached hydrogen (secondary N) is 1. The van der Waals surface area contributed by atoms with Crippen LogP contribution in [0.5, 0.6) is 11.5 Å². The van der Waals surface area contributed by atoms with Crippen LogP contribution in [0.1, 0.15) is 32.4 Å². The molecule has 1 aromatic carbocycles. The Morgan fingerprint density at radius 1 is 1.30 bits per heavy atom. The third-order valence-corrected chi connectivity index (χ3v) is 4.44. The van der Waals surface area contributed by atoms with Gasteiger partial charge in [0.1, 0.15) is 11.6 Å². The summed E-state index contributed by atoms with van der Waals surface area (Å²) in [6, 6.07) is 7.47. The molecule has 3 unspecified atom stereocenters. The van der Waals surface area contributed by atoms with Crippen molar-refractivity contribution in [3.63, 3.8) is 0 Å². The van der Waals surface area contributed by atoms with Gasteiger partial charge in [0.05, 0.1) is 26.4 Å². The molecule has 7 nitrogen and oxygen atoms in total. The lowest BCUT2D eigenvalue weighted by molar-refractivity contribution is -0.138. The molecule has 27 heavy (non-hydrogen) atoms. The van der Waals surface area contributed by atoms with Gasteiger partial charge in [0, 0.05) is 25.3 Å². The van der Waals surface area contributed by atoms with Crippen molar-refractivity contribution < 1.29 is 19.0 Å². The second-order valence-electron chi connectivity index (χ2n) is 6.64. The summed E-state index contributed by atoms with van der Waals surface area (Å²) in [6.45, 7) is 6.74. The Labute approximate surface area is 160 Å². The van der Waals surface area contributed by atoms with Gasteiger partial charge in [0.2, 0.25) is 0 Å². The first kappa shape index (κ1) is 20.6. The highest BCUT2D eigenvalue weighted by Gasteiger charge is 2.27. The summed E-state index contributed by atoms with van der Waals surface area (Å²) >= 11 is 0. The van der Waals surface area contributed by atoms with E-state index in [4.69, 9.17) is 14.2 Å². The third-order valence-electron chi connectivity index (χ3n) is 4.44. The molecule has 1 aliphatic heterocycles. The number of hydrogen-bond acceptors (Lipinski definition) is 6. The first-order valence-electron chi connectivity index (χ1n) is 8.92. The molecule has 0 radical (unpaired) electrons. The van der Waals surface area contributed by atoms with Gasteiger partial charge in [-0.25, -0.2) is 0 Å². The smallest absolute Gasteiger partial charge is 0.266 e. The molecule has 3 atom stereocenters. The maximum Gasteiger partial charge on any atom is 0.266 e. The normalized spacial score (nSPS) is 21.2. The minimum atomic E-state index is -0.286. The Morgan fingerprint density at radius 2 is 1.93 bits per heavy atom. The Hall–Kier alpha value is -2.72. The van der Waals surface area contributed by atoms with Crippen LogP contribution < -0.4 is 14.8 Å². The van der Waals surface area contributed by atoms with Crippen molar-refractivity contribution in [2.75, 3.05) is 27.3 Å². The molecule has 1 fully saturated rings. The van der Waals surface area contributed by atoms with Crippen molar-refractivity contribution in [2.45, 2.75) is 39.0 Å². The molecule has 1 heterocycles. The Balaban J connectivity index is 2.10. The number of nitriles is 1. The first-order valence-corrected chi connectivity index (χ1v) is 8.92. The number of morpholine rings is 1. The average Bonchev–Trinajstić information content (AvgIpc) is 2.66. The first-order chi connectivity index (χ1) is 12.9. The zero-order chi connectivity index (χ0) is 20.0. The van der Waals surface area contributed by atoms with Crippen LogP contribution in [0, 0.1) is 11.3 Å². The highest BCUT2D eigenvalue weighted by atomic mass is 16.5. The minimum absolute atomic E-state index is 0.0451. The third kappa shape index (κ3) is 5.14. The van der Waals surface area contributed by atoms with Crippen LogP contribution >= 0.6 is 0 Å². The summed E-state index contributed by atoms with van der Waals surface area (Å²) in [4.78, 5) is 14.3. The van der Waals surface area contributed by atoms with Gasteiger partial charge in [-0.15, -0.1) is 0 Å². The van der Waals surface area contributed by atoms with Gasteiger partial charge >= 0.3 is 0 Å². The number of carbonyl (C=O) groups is 1. The molecule has 1 aromatic rings. The lowest BCUT2D eigenvalue weighted by Gasteiger charge is -2.35. The highest BCUT2D eigenvalue weighted by Crippen LogP contribution is 2.29. The van der Waals surface area contributed by atoms with Gasteiger partial charge < -0.3 is 24.4 Å². The molecule has 0 aliphatic carbocycles. The quantitative estimate of drug-likeness (QED) is 0.609. The average molecular weight is 373 g/mol. The van der Waals surface area contributed by atoms with E-state index in [0.29, 0.717) is 24.6 Å². The summed E-state index contributed by atoms with van der Waals surface area (Å²) in [6.07, 6.45) is 1.39. The summed E-state index contributed by atoms with van der Waals surface area (Å²) < 4.78 is 16.2. The molecule has 0 bridgehead atoms. The van der Waals surface area contributed by atoms with Crippen LogP contribution in [-0.4, -0.2) is 50.3 Å². The number of benzene rings is 1. The molecule has 1 saturated heterocycles. The molecule has 146 valence electrons. The van der Waals surface area contributed by atoms with Crippen LogP contribution in [0.2, 0.25) is 0 Å². The van der Waals surface area contributed by atoms with Crippen molar-refractivity contribution in [1.29, 1.82) is 5.26 Å². The van der Waals surface area contributed by atoms with Gasteiger partial charge in [-0.1, -0.05) is 6.07 Å². The topological polar surface area (TPSA) is 83.8 Å². The molecule has 0 aromatic heterocycles. The van der Waals surface area contributed by atoms with Crippen LogP contribution in [-0.2, 0) is 9.53 Å². The van der Waals surface area contributed by atoms with E-state index in [0.717, 1.165) is 5.56 Å². The number of rotatable bonds is 6. The number of amides is 1. The predicted octanol–water partition coefficient (Wildman–Crippen LogP) is 2.40. The lowest BCUT2D eigenvalue weighted by Crippen LogP contribution is -2.48. The monoisotopic (exact) mass is 373 g/mol. The van der Waals surface area contributed by atoms with Crippen molar-refractivity contribution in [1.82, 2.24) is 10.2 Å². The van der Waals surface area contributed by atoms with Gasteiger partial charge in [0.15, 0.2) is 11.5 Å².